The number of anilines is 1. The largest absolute Gasteiger partial charge is 0.481 e. The van der Waals surface area contributed by atoms with Crippen LogP contribution in [0.2, 0.25) is 0 Å². The molecule has 38 heavy (non-hydrogen) atoms. The van der Waals surface area contributed by atoms with Crippen LogP contribution in [-0.4, -0.2) is 32.4 Å². The van der Waals surface area contributed by atoms with Gasteiger partial charge in [0.1, 0.15) is 11.5 Å². The molecule has 4 aromatic rings. The van der Waals surface area contributed by atoms with E-state index in [9.17, 15) is 14.7 Å². The molecule has 7 heteroatoms. The van der Waals surface area contributed by atoms with Crippen molar-refractivity contribution < 1.29 is 14.7 Å². The van der Waals surface area contributed by atoms with Gasteiger partial charge in [-0.1, -0.05) is 73.4 Å². The number of aryl methyl sites for hydroxylation is 1. The molecule has 0 spiro atoms. The van der Waals surface area contributed by atoms with Crippen LogP contribution >= 0.6 is 0 Å². The molecule has 0 saturated heterocycles. The summed E-state index contributed by atoms with van der Waals surface area (Å²) in [6, 6.07) is 21.5. The van der Waals surface area contributed by atoms with E-state index in [-0.39, 0.29) is 18.2 Å². The summed E-state index contributed by atoms with van der Waals surface area (Å²) in [5.74, 6) is -0.204. The molecule has 1 fully saturated rings. The fraction of sp³-hybridized carbons (Fsp3) is 0.323. The van der Waals surface area contributed by atoms with E-state index in [1.165, 1.54) is 0 Å². The van der Waals surface area contributed by atoms with Crippen LogP contribution in [0.25, 0.3) is 16.9 Å². The smallest absolute Gasteiger partial charge is 0.305 e. The van der Waals surface area contributed by atoms with E-state index in [1.807, 2.05) is 60.0 Å². The first-order chi connectivity index (χ1) is 18.5. The number of aromatic nitrogens is 2. The SMILES string of the molecule is Cc1cccc(-c2nc3c(C(=O)NC(CC(=O)O)C4CCCCC4)cccn3c2NCc2ccccc2)c1. The minimum absolute atomic E-state index is 0.0770. The van der Waals surface area contributed by atoms with E-state index in [4.69, 9.17) is 4.98 Å². The number of hydrogen-bond donors (Lipinski definition) is 3. The Morgan fingerprint density at radius 3 is 2.55 bits per heavy atom. The maximum absolute atomic E-state index is 13.6. The van der Waals surface area contributed by atoms with E-state index in [0.29, 0.717) is 17.8 Å². The standard InChI is InChI=1S/C31H34N4O3/c1-21-10-8-15-24(18-21)28-30(32-20-22-11-4-2-5-12-22)35-17-9-16-25(29(35)34-28)31(38)33-26(19-27(36)37)23-13-6-3-7-14-23/h2,4-5,8-12,15-18,23,26,32H,3,6-7,13-14,19-20H2,1H3,(H,33,38)(H,36,37). The van der Waals surface area contributed by atoms with E-state index in [2.05, 4.69) is 28.8 Å². The summed E-state index contributed by atoms with van der Waals surface area (Å²) < 4.78 is 1.92. The van der Waals surface area contributed by atoms with Crippen molar-refractivity contribution in [1.82, 2.24) is 14.7 Å². The molecule has 1 aliphatic carbocycles. The molecule has 3 N–H and O–H groups in total. The summed E-state index contributed by atoms with van der Waals surface area (Å²) in [7, 11) is 0. The van der Waals surface area contributed by atoms with Crippen molar-refractivity contribution in [3.63, 3.8) is 0 Å². The highest BCUT2D eigenvalue weighted by atomic mass is 16.4. The lowest BCUT2D eigenvalue weighted by atomic mass is 9.82. The molecule has 2 heterocycles. The number of carboxylic acid groups (broad SMARTS) is 1. The van der Waals surface area contributed by atoms with Crippen molar-refractivity contribution in [2.45, 2.75) is 58.0 Å². The zero-order valence-corrected chi connectivity index (χ0v) is 21.7. The zero-order valence-electron chi connectivity index (χ0n) is 21.7. The summed E-state index contributed by atoms with van der Waals surface area (Å²) >= 11 is 0. The van der Waals surface area contributed by atoms with Crippen molar-refractivity contribution in [1.29, 1.82) is 0 Å². The van der Waals surface area contributed by atoms with Crippen LogP contribution in [0.1, 0.15) is 60.0 Å². The molecule has 2 aromatic heterocycles. The van der Waals surface area contributed by atoms with Crippen LogP contribution in [0, 0.1) is 12.8 Å². The highest BCUT2D eigenvalue weighted by molar-refractivity contribution is 6.01. The van der Waals surface area contributed by atoms with Crippen molar-refractivity contribution in [2.75, 3.05) is 5.32 Å². The number of carboxylic acids is 1. The molecule has 0 bridgehead atoms. The lowest BCUT2D eigenvalue weighted by Crippen LogP contribution is -2.42. The van der Waals surface area contributed by atoms with Crippen LogP contribution in [0.4, 0.5) is 5.82 Å². The number of fused-ring (bicyclic) bond motifs is 1. The number of nitrogens with zero attached hydrogens (tertiary/aromatic N) is 2. The number of rotatable bonds is 9. The summed E-state index contributed by atoms with van der Waals surface area (Å²) in [5, 5.41) is 16.1. The second-order valence-corrected chi connectivity index (χ2v) is 10.2. The van der Waals surface area contributed by atoms with Crippen molar-refractivity contribution in [3.8, 4) is 11.3 Å². The van der Waals surface area contributed by atoms with Gasteiger partial charge in [0.15, 0.2) is 5.65 Å². The fourth-order valence-corrected chi connectivity index (χ4v) is 5.50. The third-order valence-corrected chi connectivity index (χ3v) is 7.42. The van der Waals surface area contributed by atoms with Crippen LogP contribution in [0.15, 0.2) is 72.9 Å². The molecule has 1 unspecified atom stereocenters. The Morgan fingerprint density at radius 1 is 1.03 bits per heavy atom. The Balaban J connectivity index is 1.52. The second-order valence-electron chi connectivity index (χ2n) is 10.2. The molecule has 1 aliphatic rings. The maximum Gasteiger partial charge on any atom is 0.305 e. The summed E-state index contributed by atoms with van der Waals surface area (Å²) in [5.41, 5.74) is 4.95. The van der Waals surface area contributed by atoms with E-state index in [0.717, 1.165) is 60.3 Å². The first-order valence-corrected chi connectivity index (χ1v) is 13.4. The predicted molar refractivity (Wildman–Crippen MR) is 149 cm³/mol. The molecule has 1 amide bonds. The molecule has 7 nitrogen and oxygen atoms in total. The third-order valence-electron chi connectivity index (χ3n) is 7.42. The monoisotopic (exact) mass is 510 g/mol. The number of amides is 1. The molecule has 1 atom stereocenters. The summed E-state index contributed by atoms with van der Waals surface area (Å²) in [6.07, 6.45) is 7.02. The number of nitrogens with one attached hydrogen (secondary N) is 2. The zero-order chi connectivity index (χ0) is 26.5. The normalized spacial score (nSPS) is 14.8. The predicted octanol–water partition coefficient (Wildman–Crippen LogP) is 6.08. The van der Waals surface area contributed by atoms with Gasteiger partial charge in [0, 0.05) is 24.3 Å². The Labute approximate surface area is 222 Å². The van der Waals surface area contributed by atoms with Crippen molar-refractivity contribution in [3.05, 3.63) is 89.6 Å². The highest BCUT2D eigenvalue weighted by Crippen LogP contribution is 2.32. The number of aliphatic carboxylic acids is 1. The van der Waals surface area contributed by atoms with E-state index >= 15 is 0 Å². The van der Waals surface area contributed by atoms with E-state index in [1.54, 1.807) is 6.07 Å². The molecule has 0 radical (unpaired) electrons. The lowest BCUT2D eigenvalue weighted by Gasteiger charge is -2.30. The lowest BCUT2D eigenvalue weighted by molar-refractivity contribution is -0.137. The van der Waals surface area contributed by atoms with Gasteiger partial charge in [-0.3, -0.25) is 14.0 Å². The number of carbonyl (C=O) groups is 2. The summed E-state index contributed by atoms with van der Waals surface area (Å²) in [4.78, 5) is 30.2. The number of imidazole rings is 1. The minimum Gasteiger partial charge on any atom is -0.481 e. The molecule has 5 rings (SSSR count). The first kappa shape index (κ1) is 25.5. The van der Waals surface area contributed by atoms with Gasteiger partial charge in [-0.05, 0) is 49.4 Å². The van der Waals surface area contributed by atoms with Gasteiger partial charge in [0.25, 0.3) is 5.91 Å². The number of hydrogen-bond acceptors (Lipinski definition) is 4. The van der Waals surface area contributed by atoms with Crippen LogP contribution in [0.5, 0.6) is 0 Å². The first-order valence-electron chi connectivity index (χ1n) is 13.4. The average Bonchev–Trinajstić information content (AvgIpc) is 3.31. The van der Waals surface area contributed by atoms with Gasteiger partial charge < -0.3 is 15.7 Å². The molecule has 1 saturated carbocycles. The molecular formula is C31H34N4O3. The molecule has 2 aromatic carbocycles. The van der Waals surface area contributed by atoms with Gasteiger partial charge in [-0.25, -0.2) is 4.98 Å². The number of carbonyl (C=O) groups excluding carboxylic acids is 1. The Kier molecular flexibility index (Phi) is 7.73. The van der Waals surface area contributed by atoms with Crippen LogP contribution in [0.3, 0.4) is 0 Å². The van der Waals surface area contributed by atoms with E-state index < -0.39 is 12.0 Å². The molecule has 196 valence electrons. The van der Waals surface area contributed by atoms with Crippen molar-refractivity contribution in [2.24, 2.45) is 5.92 Å². The number of benzene rings is 2. The topological polar surface area (TPSA) is 95.7 Å². The van der Waals surface area contributed by atoms with Crippen LogP contribution in [-0.2, 0) is 11.3 Å². The van der Waals surface area contributed by atoms with Crippen molar-refractivity contribution >= 4 is 23.3 Å². The average molecular weight is 511 g/mol. The second kappa shape index (κ2) is 11.5. The fourth-order valence-electron chi connectivity index (χ4n) is 5.50. The van der Waals surface area contributed by atoms with Gasteiger partial charge in [0.2, 0.25) is 0 Å². The summed E-state index contributed by atoms with van der Waals surface area (Å²) in [6.45, 7) is 2.65. The molecule has 0 aliphatic heterocycles. The number of pyridine rings is 1. The minimum atomic E-state index is -0.894. The van der Waals surface area contributed by atoms with Gasteiger partial charge in [0.05, 0.1) is 12.0 Å². The van der Waals surface area contributed by atoms with Gasteiger partial charge in [-0.15, -0.1) is 0 Å². The third kappa shape index (κ3) is 5.72. The Hall–Kier alpha value is -4.13. The Bertz CT molecular complexity index is 1420. The Morgan fingerprint density at radius 2 is 1.82 bits per heavy atom. The maximum atomic E-state index is 13.6. The van der Waals surface area contributed by atoms with Gasteiger partial charge in [-0.2, -0.15) is 0 Å². The van der Waals surface area contributed by atoms with Crippen LogP contribution < -0.4 is 10.6 Å². The molecular weight excluding hydrogens is 476 g/mol. The highest BCUT2D eigenvalue weighted by Gasteiger charge is 2.28. The van der Waals surface area contributed by atoms with Gasteiger partial charge >= 0.3 is 5.97 Å². The quantitative estimate of drug-likeness (QED) is 0.254.